The van der Waals surface area contributed by atoms with Crippen molar-refractivity contribution in [1.29, 1.82) is 0 Å². The van der Waals surface area contributed by atoms with E-state index in [4.69, 9.17) is 9.47 Å². The number of nitrogens with zero attached hydrogens (tertiary/aromatic N) is 2. The Morgan fingerprint density at radius 2 is 1.88 bits per heavy atom. The summed E-state index contributed by atoms with van der Waals surface area (Å²) in [5.74, 6) is 0.143. The van der Waals surface area contributed by atoms with E-state index in [-0.39, 0.29) is 55.0 Å². The van der Waals surface area contributed by atoms with Crippen LogP contribution in [-0.4, -0.2) is 78.6 Å². The Morgan fingerprint density at radius 1 is 1.02 bits per heavy atom. The summed E-state index contributed by atoms with van der Waals surface area (Å²) in [7, 11) is 1.79. The second-order valence-electron chi connectivity index (χ2n) is 11.7. The molecule has 10 heteroatoms. The number of fused-ring (bicyclic) bond motifs is 2. The molecule has 0 unspecified atom stereocenters. The molecule has 226 valence electrons. The Kier molecular flexibility index (Phi) is 9.06. The summed E-state index contributed by atoms with van der Waals surface area (Å²) in [5, 5.41) is 8.05. The number of benzene rings is 2. The maximum atomic E-state index is 13.5. The summed E-state index contributed by atoms with van der Waals surface area (Å²) >= 11 is 1.53. The first kappa shape index (κ1) is 29.3. The van der Waals surface area contributed by atoms with Gasteiger partial charge in [-0.15, -0.1) is 11.3 Å². The molecule has 6 rings (SSSR count). The second kappa shape index (κ2) is 13.3. The van der Waals surface area contributed by atoms with E-state index in [1.807, 2.05) is 23.6 Å². The van der Waals surface area contributed by atoms with Crippen LogP contribution in [0.2, 0.25) is 0 Å². The van der Waals surface area contributed by atoms with E-state index >= 15 is 0 Å². The van der Waals surface area contributed by atoms with Crippen LogP contribution < -0.4 is 15.4 Å². The molecule has 43 heavy (non-hydrogen) atoms. The Balaban J connectivity index is 1.02. The topological polar surface area (TPSA) is 100 Å². The van der Waals surface area contributed by atoms with Crippen molar-refractivity contribution in [2.45, 2.75) is 62.9 Å². The van der Waals surface area contributed by atoms with E-state index in [9.17, 15) is 14.4 Å². The number of likely N-dealkylation sites (tertiary alicyclic amines) is 1. The molecule has 0 saturated carbocycles. The van der Waals surface area contributed by atoms with E-state index in [2.05, 4.69) is 39.8 Å². The first-order valence-corrected chi connectivity index (χ1v) is 15.9. The minimum atomic E-state index is -0.341. The van der Waals surface area contributed by atoms with Crippen LogP contribution >= 0.6 is 11.3 Å². The molecule has 3 aliphatic heterocycles. The van der Waals surface area contributed by atoms with Gasteiger partial charge in [-0.2, -0.15) is 0 Å². The SMILES string of the molecule is CN1C(=O)c2cc(NC(=O)Cc3cccs3)ccc2OC[C@@H]2O[C@H](CC(=O)N[C@@H]3CCN(Cc4ccccc4)C3)CC[C@H]21. The smallest absolute Gasteiger partial charge is 0.257 e. The fraction of sp³-hybridized carbons (Fsp3) is 0.424. The number of ether oxygens (including phenoxy) is 2. The Hall–Kier alpha value is -3.73. The first-order valence-electron chi connectivity index (χ1n) is 15.0. The van der Waals surface area contributed by atoms with Crippen LogP contribution in [0.25, 0.3) is 0 Å². The van der Waals surface area contributed by atoms with Gasteiger partial charge in [0.2, 0.25) is 11.8 Å². The van der Waals surface area contributed by atoms with Gasteiger partial charge in [0.25, 0.3) is 5.91 Å². The summed E-state index contributed by atoms with van der Waals surface area (Å²) in [6, 6.07) is 19.4. The molecular weight excluding hydrogens is 564 g/mol. The van der Waals surface area contributed by atoms with Gasteiger partial charge in [0.1, 0.15) is 18.5 Å². The van der Waals surface area contributed by atoms with Crippen molar-refractivity contribution in [2.75, 3.05) is 32.1 Å². The van der Waals surface area contributed by atoms with E-state index in [0.29, 0.717) is 29.8 Å². The highest BCUT2D eigenvalue weighted by Gasteiger charge is 2.39. The summed E-state index contributed by atoms with van der Waals surface area (Å²) in [6.07, 6.45) is 2.35. The van der Waals surface area contributed by atoms with E-state index in [0.717, 1.165) is 37.4 Å². The van der Waals surface area contributed by atoms with Gasteiger partial charge >= 0.3 is 0 Å². The van der Waals surface area contributed by atoms with Crippen molar-refractivity contribution in [3.05, 3.63) is 82.0 Å². The minimum Gasteiger partial charge on any atom is -0.490 e. The third-order valence-electron chi connectivity index (χ3n) is 8.51. The van der Waals surface area contributed by atoms with Crippen molar-refractivity contribution in [2.24, 2.45) is 0 Å². The molecule has 0 aliphatic carbocycles. The van der Waals surface area contributed by atoms with Crippen LogP contribution in [0.3, 0.4) is 0 Å². The number of hydrogen-bond donors (Lipinski definition) is 2. The highest BCUT2D eigenvalue weighted by atomic mass is 32.1. The molecular formula is C33H38N4O5S. The average molecular weight is 603 g/mol. The number of nitrogens with one attached hydrogen (secondary N) is 2. The van der Waals surface area contributed by atoms with Gasteiger partial charge < -0.3 is 25.0 Å². The van der Waals surface area contributed by atoms with E-state index < -0.39 is 0 Å². The molecule has 3 aromatic rings. The van der Waals surface area contributed by atoms with Crippen molar-refractivity contribution in [3.8, 4) is 5.75 Å². The number of carbonyl (C=O) groups excluding carboxylic acids is 3. The predicted molar refractivity (Wildman–Crippen MR) is 165 cm³/mol. The largest absolute Gasteiger partial charge is 0.490 e. The molecule has 0 bridgehead atoms. The fourth-order valence-corrected chi connectivity index (χ4v) is 7.01. The number of rotatable bonds is 8. The molecule has 4 atom stereocenters. The lowest BCUT2D eigenvalue weighted by atomic mass is 9.94. The molecule has 9 nitrogen and oxygen atoms in total. The van der Waals surface area contributed by atoms with Crippen LogP contribution in [0.1, 0.15) is 46.5 Å². The van der Waals surface area contributed by atoms with Gasteiger partial charge in [-0.1, -0.05) is 36.4 Å². The third kappa shape index (κ3) is 7.26. The van der Waals surface area contributed by atoms with Gasteiger partial charge in [-0.05, 0) is 54.5 Å². The molecule has 0 radical (unpaired) electrons. The molecule has 3 aliphatic rings. The van der Waals surface area contributed by atoms with Crippen molar-refractivity contribution in [3.63, 3.8) is 0 Å². The van der Waals surface area contributed by atoms with E-state index in [1.54, 1.807) is 30.1 Å². The van der Waals surface area contributed by atoms with Crippen molar-refractivity contribution >= 4 is 34.7 Å². The number of likely N-dealkylation sites (N-methyl/N-ethyl adjacent to an activating group) is 1. The average Bonchev–Trinajstić information content (AvgIpc) is 3.67. The molecule has 2 N–H and O–H groups in total. The fourth-order valence-electron chi connectivity index (χ4n) is 6.31. The lowest BCUT2D eigenvalue weighted by Gasteiger charge is -2.42. The van der Waals surface area contributed by atoms with Crippen molar-refractivity contribution < 1.29 is 23.9 Å². The third-order valence-corrected chi connectivity index (χ3v) is 9.39. The molecule has 2 fully saturated rings. The van der Waals surface area contributed by atoms with Crippen LogP contribution in [-0.2, 0) is 27.3 Å². The van der Waals surface area contributed by atoms with Gasteiger partial charge in [-0.3, -0.25) is 19.3 Å². The number of amides is 3. The summed E-state index contributed by atoms with van der Waals surface area (Å²) < 4.78 is 12.5. The van der Waals surface area contributed by atoms with Crippen molar-refractivity contribution in [1.82, 2.24) is 15.1 Å². The highest BCUT2D eigenvalue weighted by Crippen LogP contribution is 2.32. The first-order chi connectivity index (χ1) is 20.9. The zero-order valence-corrected chi connectivity index (χ0v) is 25.2. The van der Waals surface area contributed by atoms with Gasteiger partial charge in [0.05, 0.1) is 30.6 Å². The highest BCUT2D eigenvalue weighted by molar-refractivity contribution is 7.10. The number of thiophene rings is 1. The quantitative estimate of drug-likeness (QED) is 0.403. The molecule has 1 aromatic heterocycles. The molecule has 0 spiro atoms. The zero-order valence-electron chi connectivity index (χ0n) is 24.4. The number of carbonyl (C=O) groups is 3. The lowest BCUT2D eigenvalue weighted by Crippen LogP contribution is -2.54. The van der Waals surface area contributed by atoms with Gasteiger partial charge in [0, 0.05) is 43.3 Å². The van der Waals surface area contributed by atoms with Crippen LogP contribution in [0.5, 0.6) is 5.75 Å². The second-order valence-corrected chi connectivity index (χ2v) is 12.7. The van der Waals surface area contributed by atoms with E-state index in [1.165, 1.54) is 16.9 Å². The standard InChI is InChI=1S/C33H38N4O5S/c1-36-28-11-10-25(17-31(38)35-24-13-14-37(20-24)19-22-6-3-2-4-7-22)42-30(28)21-41-29-12-9-23(16-27(29)33(36)40)34-32(39)18-26-8-5-15-43-26/h2-9,12,15-16,24-25,28,30H,10-11,13-14,17-21H2,1H3,(H,34,39)(H,35,38)/t24-,25+,28-,30+/m1/s1. The van der Waals surface area contributed by atoms with Gasteiger partial charge in [-0.25, -0.2) is 0 Å². The summed E-state index contributed by atoms with van der Waals surface area (Å²) in [4.78, 5) is 44.1. The Morgan fingerprint density at radius 3 is 2.70 bits per heavy atom. The zero-order chi connectivity index (χ0) is 29.8. The van der Waals surface area contributed by atoms with Gasteiger partial charge in [0.15, 0.2) is 0 Å². The van der Waals surface area contributed by atoms with Crippen LogP contribution in [0.15, 0.2) is 66.0 Å². The summed E-state index contributed by atoms with van der Waals surface area (Å²) in [5.41, 5.74) is 2.25. The molecule has 3 amide bonds. The maximum absolute atomic E-state index is 13.5. The lowest BCUT2D eigenvalue weighted by molar-refractivity contribution is -0.134. The minimum absolute atomic E-state index is 0.00482. The number of anilines is 1. The molecule has 2 saturated heterocycles. The normalized spacial score (nSPS) is 23.8. The molecule has 4 heterocycles. The predicted octanol–water partition coefficient (Wildman–Crippen LogP) is 4.09. The summed E-state index contributed by atoms with van der Waals surface area (Å²) in [6.45, 7) is 2.97. The Bertz CT molecular complexity index is 1430. The van der Waals surface area contributed by atoms with Crippen LogP contribution in [0, 0.1) is 0 Å². The number of hydrogen-bond acceptors (Lipinski definition) is 7. The monoisotopic (exact) mass is 602 g/mol. The van der Waals surface area contributed by atoms with Crippen LogP contribution in [0.4, 0.5) is 5.69 Å². The maximum Gasteiger partial charge on any atom is 0.257 e. The Labute approximate surface area is 256 Å². The molecule has 2 aromatic carbocycles.